The summed E-state index contributed by atoms with van der Waals surface area (Å²) in [5.41, 5.74) is 3.31. The summed E-state index contributed by atoms with van der Waals surface area (Å²) in [6.07, 6.45) is 15.1. The summed E-state index contributed by atoms with van der Waals surface area (Å²) in [6, 6.07) is 4.14. The summed E-state index contributed by atoms with van der Waals surface area (Å²) >= 11 is 6.05. The molecule has 2 aliphatic heterocycles. The third-order valence-electron chi connectivity index (χ3n) is 6.57. The monoisotopic (exact) mass is 557 g/mol. The van der Waals surface area contributed by atoms with Gasteiger partial charge in [-0.3, -0.25) is 4.79 Å². The van der Waals surface area contributed by atoms with Gasteiger partial charge in [-0.05, 0) is 43.2 Å². The Hall–Kier alpha value is -3.23. The number of carbonyl (C=O) groups excluding carboxylic acids is 1. The Kier molecular flexibility index (Phi) is 13.7. The molecule has 3 heterocycles. The number of pyridine rings is 1. The van der Waals surface area contributed by atoms with Crippen molar-refractivity contribution >= 4 is 23.8 Å². The largest absolute Gasteiger partial charge is 0.512 e. The van der Waals surface area contributed by atoms with Gasteiger partial charge in [0.1, 0.15) is 12.0 Å². The van der Waals surface area contributed by atoms with Crippen molar-refractivity contribution in [1.29, 1.82) is 0 Å². The Labute approximate surface area is 238 Å². The van der Waals surface area contributed by atoms with Crippen LogP contribution < -0.4 is 15.5 Å². The van der Waals surface area contributed by atoms with Gasteiger partial charge >= 0.3 is 0 Å². The molecule has 0 spiro atoms. The second-order valence-electron chi connectivity index (χ2n) is 9.31. The number of aliphatic hydroxyl groups excluding tert-OH is 2. The maximum Gasteiger partial charge on any atom is 0.209 e. The molecule has 4 rings (SSSR count). The molecule has 0 radical (unpaired) electrons. The maximum absolute atomic E-state index is 10.8. The molecule has 1 fully saturated rings. The molecule has 39 heavy (non-hydrogen) atoms. The molecule has 0 aromatic carbocycles. The number of allylic oxidation sites excluding steroid dienone is 7. The van der Waals surface area contributed by atoms with E-state index in [-0.39, 0.29) is 18.2 Å². The molecule has 3 aliphatic rings. The fourth-order valence-corrected chi connectivity index (χ4v) is 4.02. The van der Waals surface area contributed by atoms with Gasteiger partial charge < -0.3 is 30.6 Å². The Morgan fingerprint density at radius 3 is 2.49 bits per heavy atom. The first kappa shape index (κ1) is 32.0. The lowest BCUT2D eigenvalue weighted by Crippen LogP contribution is -2.46. The van der Waals surface area contributed by atoms with Crippen LogP contribution in [0.15, 0.2) is 77.0 Å². The highest BCUT2D eigenvalue weighted by Gasteiger charge is 2.23. The standard InChI is InChI=1S/C18H20ClN5O.C10H18O2.C2H6/c19-14-2-4-15-16(5-3-14)22-18(21-15)13-1-6-17(20-11-13)24-9-7-23(12-25)8-10-24;1-4-10(12)7-5-6-8(2)9(3)11;1-2/h1-4,6,11-12,18,21-22H,5,7-10H2;5-9,11-12H,4H2,1-3H3;1-2H3/b;6-5-,10-7+;. The molecule has 214 valence electrons. The predicted octanol–water partition coefficient (Wildman–Crippen LogP) is 5.28. The van der Waals surface area contributed by atoms with E-state index >= 15 is 0 Å². The quantitative estimate of drug-likeness (QED) is 0.205. The summed E-state index contributed by atoms with van der Waals surface area (Å²) in [6.45, 7) is 12.7. The van der Waals surface area contributed by atoms with Gasteiger partial charge in [0.2, 0.25) is 6.41 Å². The zero-order valence-corrected chi connectivity index (χ0v) is 24.5. The second-order valence-corrected chi connectivity index (χ2v) is 9.75. The van der Waals surface area contributed by atoms with Crippen LogP contribution in [-0.2, 0) is 4.79 Å². The van der Waals surface area contributed by atoms with Gasteiger partial charge in [-0.2, -0.15) is 0 Å². The van der Waals surface area contributed by atoms with E-state index in [4.69, 9.17) is 21.8 Å². The van der Waals surface area contributed by atoms with Gasteiger partial charge in [-0.15, -0.1) is 0 Å². The van der Waals surface area contributed by atoms with Crippen molar-refractivity contribution in [3.05, 3.63) is 82.5 Å². The molecule has 0 saturated carbocycles. The fraction of sp³-hybridized carbons (Fsp3) is 0.467. The van der Waals surface area contributed by atoms with Crippen LogP contribution in [0.5, 0.6) is 0 Å². The number of carbonyl (C=O) groups is 1. The van der Waals surface area contributed by atoms with Crippen LogP contribution in [0.2, 0.25) is 0 Å². The molecule has 3 atom stereocenters. The predicted molar refractivity (Wildman–Crippen MR) is 160 cm³/mol. The van der Waals surface area contributed by atoms with Crippen LogP contribution in [0.3, 0.4) is 0 Å². The van der Waals surface area contributed by atoms with Gasteiger partial charge in [0, 0.05) is 61.5 Å². The number of amides is 1. The second kappa shape index (κ2) is 16.7. The molecular formula is C30H44ClN5O3. The maximum atomic E-state index is 10.8. The van der Waals surface area contributed by atoms with E-state index in [1.54, 1.807) is 24.0 Å². The molecule has 1 aromatic rings. The first-order valence-corrected chi connectivity index (χ1v) is 14.1. The average molecular weight is 558 g/mol. The molecule has 1 amide bonds. The summed E-state index contributed by atoms with van der Waals surface area (Å²) in [4.78, 5) is 19.4. The first-order chi connectivity index (χ1) is 18.8. The number of halogens is 1. The van der Waals surface area contributed by atoms with Crippen LogP contribution in [0.1, 0.15) is 59.2 Å². The Morgan fingerprint density at radius 1 is 1.18 bits per heavy atom. The zero-order chi connectivity index (χ0) is 28.8. The molecule has 1 aliphatic carbocycles. The van der Waals surface area contributed by atoms with E-state index in [0.717, 1.165) is 66.8 Å². The minimum absolute atomic E-state index is 0.0217. The highest BCUT2D eigenvalue weighted by molar-refractivity contribution is 6.31. The summed E-state index contributed by atoms with van der Waals surface area (Å²) in [5.74, 6) is 1.45. The molecule has 0 bridgehead atoms. The third kappa shape index (κ3) is 10.1. The smallest absolute Gasteiger partial charge is 0.209 e. The Bertz CT molecular complexity index is 1050. The Morgan fingerprint density at radius 2 is 1.90 bits per heavy atom. The molecule has 1 saturated heterocycles. The number of aromatic nitrogens is 1. The highest BCUT2D eigenvalue weighted by Crippen LogP contribution is 2.27. The third-order valence-corrected chi connectivity index (χ3v) is 6.85. The highest BCUT2D eigenvalue weighted by atomic mass is 35.5. The first-order valence-electron chi connectivity index (χ1n) is 13.7. The fourth-order valence-electron chi connectivity index (χ4n) is 3.88. The van der Waals surface area contributed by atoms with Gasteiger partial charge in [-0.1, -0.05) is 57.5 Å². The molecule has 3 unspecified atom stereocenters. The van der Waals surface area contributed by atoms with E-state index in [1.165, 1.54) is 0 Å². The molecule has 4 N–H and O–H groups in total. The van der Waals surface area contributed by atoms with Crippen molar-refractivity contribution in [3.8, 4) is 0 Å². The van der Waals surface area contributed by atoms with Crippen molar-refractivity contribution in [2.75, 3.05) is 31.1 Å². The number of nitrogens with zero attached hydrogens (tertiary/aromatic N) is 3. The van der Waals surface area contributed by atoms with Crippen molar-refractivity contribution in [3.63, 3.8) is 0 Å². The molecular weight excluding hydrogens is 514 g/mol. The molecule has 8 nitrogen and oxygen atoms in total. The zero-order valence-electron chi connectivity index (χ0n) is 23.8. The number of hydrogen-bond acceptors (Lipinski definition) is 7. The lowest BCUT2D eigenvalue weighted by molar-refractivity contribution is -0.118. The Balaban J connectivity index is 0.000000325. The number of anilines is 1. The lowest BCUT2D eigenvalue weighted by atomic mass is 10.1. The lowest BCUT2D eigenvalue weighted by Gasteiger charge is -2.33. The van der Waals surface area contributed by atoms with Crippen LogP contribution in [-0.4, -0.2) is 58.8 Å². The van der Waals surface area contributed by atoms with E-state index < -0.39 is 0 Å². The summed E-state index contributed by atoms with van der Waals surface area (Å²) in [7, 11) is 0. The van der Waals surface area contributed by atoms with E-state index in [0.29, 0.717) is 12.2 Å². The molecule has 1 aromatic heterocycles. The summed E-state index contributed by atoms with van der Waals surface area (Å²) in [5, 5.41) is 25.9. The van der Waals surface area contributed by atoms with Crippen LogP contribution in [0, 0.1) is 5.92 Å². The average Bonchev–Trinajstić information content (AvgIpc) is 3.31. The molecule has 9 heteroatoms. The van der Waals surface area contributed by atoms with Crippen LogP contribution in [0.25, 0.3) is 0 Å². The number of nitrogens with one attached hydrogen (secondary N) is 2. The number of piperazine rings is 1. The van der Waals surface area contributed by atoms with E-state index in [1.807, 2.05) is 64.3 Å². The normalized spacial score (nSPS) is 20.3. The topological polar surface area (TPSA) is 101 Å². The van der Waals surface area contributed by atoms with E-state index in [2.05, 4.69) is 26.6 Å². The van der Waals surface area contributed by atoms with Crippen molar-refractivity contribution < 1.29 is 15.0 Å². The van der Waals surface area contributed by atoms with E-state index in [9.17, 15) is 4.79 Å². The van der Waals surface area contributed by atoms with Crippen molar-refractivity contribution in [2.24, 2.45) is 5.92 Å². The van der Waals surface area contributed by atoms with Crippen LogP contribution in [0.4, 0.5) is 5.82 Å². The van der Waals surface area contributed by atoms with Gasteiger partial charge in [0.15, 0.2) is 0 Å². The van der Waals surface area contributed by atoms with Crippen molar-refractivity contribution in [2.45, 2.75) is 59.7 Å². The summed E-state index contributed by atoms with van der Waals surface area (Å²) < 4.78 is 0. The SMILES string of the molecule is CC.CC/C(O)=C\C=C/C(C)C(C)O.O=CN1CCN(c2ccc(C3NC4=C(CC=C(Cl)C=C4)N3)cn2)CC1. The van der Waals surface area contributed by atoms with Gasteiger partial charge in [0.05, 0.1) is 17.6 Å². The van der Waals surface area contributed by atoms with Crippen molar-refractivity contribution in [1.82, 2.24) is 20.5 Å². The number of hydrogen-bond donors (Lipinski definition) is 4. The van der Waals surface area contributed by atoms with Crippen LogP contribution >= 0.6 is 11.6 Å². The minimum Gasteiger partial charge on any atom is -0.512 e. The number of rotatable bonds is 7. The van der Waals surface area contributed by atoms with Gasteiger partial charge in [-0.25, -0.2) is 4.98 Å². The minimum atomic E-state index is -0.335. The van der Waals surface area contributed by atoms with Gasteiger partial charge in [0.25, 0.3) is 0 Å². The number of aliphatic hydroxyl groups is 2.